The molecule has 3 aromatic rings. The molecule has 1 unspecified atom stereocenters. The standard InChI is InChI=1S/C26H25N3O6S/c1-12-9-15(12)14-7-8-16-19(10-14)35-26(32)17-5-4-6-18(27)21(17)23(30)25(16,26)29-24(31)22-13(2)20(11-28-22)36(3,33)34/h4-8,10-12,15,28,32H,9,27H2,1-3H3,(H,29,31)/t12-,15?,25+,26+/m0/s1. The quantitative estimate of drug-likeness (QED) is 0.396. The number of fused-ring (bicyclic) bond motifs is 5. The number of aliphatic hydroxyl groups is 1. The van der Waals surface area contributed by atoms with Gasteiger partial charge in [-0.2, -0.15) is 0 Å². The van der Waals surface area contributed by atoms with Crippen LogP contribution in [0.5, 0.6) is 5.75 Å². The predicted molar refractivity (Wildman–Crippen MR) is 130 cm³/mol. The van der Waals surface area contributed by atoms with E-state index in [9.17, 15) is 23.1 Å². The number of nitrogen functional groups attached to an aromatic ring is 1. The lowest BCUT2D eigenvalue weighted by atomic mass is 9.82. The van der Waals surface area contributed by atoms with E-state index in [1.807, 2.05) is 12.1 Å². The Morgan fingerprint density at radius 2 is 1.97 bits per heavy atom. The van der Waals surface area contributed by atoms with Crippen LogP contribution >= 0.6 is 0 Å². The molecule has 2 aromatic carbocycles. The third-order valence-electron chi connectivity index (χ3n) is 7.76. The number of nitrogens with two attached hydrogens (primary N) is 1. The number of ketones is 1. The summed E-state index contributed by atoms with van der Waals surface area (Å²) in [5.74, 6) is -2.42. The first-order chi connectivity index (χ1) is 16.9. The van der Waals surface area contributed by atoms with Crippen LogP contribution in [-0.4, -0.2) is 36.5 Å². The van der Waals surface area contributed by atoms with Crippen molar-refractivity contribution in [2.75, 3.05) is 12.0 Å². The van der Waals surface area contributed by atoms with E-state index in [0.29, 0.717) is 23.1 Å². The number of hydrogen-bond acceptors (Lipinski definition) is 7. The Labute approximate surface area is 207 Å². The van der Waals surface area contributed by atoms with Crippen LogP contribution < -0.4 is 15.8 Å². The number of anilines is 1. The lowest BCUT2D eigenvalue weighted by Crippen LogP contribution is -2.60. The minimum Gasteiger partial charge on any atom is -0.454 e. The van der Waals surface area contributed by atoms with Gasteiger partial charge in [-0.15, -0.1) is 0 Å². The van der Waals surface area contributed by atoms with E-state index in [2.05, 4.69) is 17.2 Å². The average Bonchev–Trinajstić information content (AvgIpc) is 3.23. The SMILES string of the molecule is Cc1c(S(C)(=O)=O)c[nH]c1C(=O)N[C@]12C(=O)c3c(N)cccc3[C@@]1(O)Oc1cc(C3C[C@@H]3C)ccc12. The summed E-state index contributed by atoms with van der Waals surface area (Å²) in [5.41, 5.74) is 6.00. The van der Waals surface area contributed by atoms with Crippen molar-refractivity contribution >= 4 is 27.2 Å². The largest absolute Gasteiger partial charge is 0.454 e. The van der Waals surface area contributed by atoms with Gasteiger partial charge in [0.25, 0.3) is 11.7 Å². The van der Waals surface area contributed by atoms with Gasteiger partial charge in [0.05, 0.1) is 10.5 Å². The topological polar surface area (TPSA) is 152 Å². The van der Waals surface area contributed by atoms with Gasteiger partial charge in [0.2, 0.25) is 11.3 Å². The molecular formula is C26H25N3O6S. The molecule has 0 spiro atoms. The first-order valence-electron chi connectivity index (χ1n) is 11.6. The van der Waals surface area contributed by atoms with E-state index in [4.69, 9.17) is 10.5 Å². The van der Waals surface area contributed by atoms with Crippen molar-refractivity contribution in [3.63, 3.8) is 0 Å². The fraction of sp³-hybridized carbons (Fsp3) is 0.308. The van der Waals surface area contributed by atoms with E-state index >= 15 is 0 Å². The number of rotatable bonds is 4. The van der Waals surface area contributed by atoms with Crippen LogP contribution in [0, 0.1) is 12.8 Å². The number of carbonyl (C=O) groups is 2. The smallest absolute Gasteiger partial charge is 0.271 e. The normalized spacial score (nSPS) is 27.7. The van der Waals surface area contributed by atoms with Crippen LogP contribution in [0.15, 0.2) is 47.5 Å². The summed E-state index contributed by atoms with van der Waals surface area (Å²) in [5, 5.41) is 14.8. The third kappa shape index (κ3) is 2.76. The summed E-state index contributed by atoms with van der Waals surface area (Å²) in [6, 6.07) is 10.1. The lowest BCUT2D eigenvalue weighted by Gasteiger charge is -2.34. The molecule has 3 aliphatic rings. The maximum atomic E-state index is 14.0. The molecule has 6 rings (SSSR count). The Morgan fingerprint density at radius 1 is 1.25 bits per heavy atom. The molecule has 1 amide bonds. The molecule has 36 heavy (non-hydrogen) atoms. The van der Waals surface area contributed by atoms with Crippen molar-refractivity contribution < 1.29 is 27.9 Å². The number of Topliss-reactive ketones (excluding diaryl/α,β-unsaturated/α-hetero) is 1. The van der Waals surface area contributed by atoms with Crippen LogP contribution in [0.2, 0.25) is 0 Å². The number of sulfone groups is 1. The lowest BCUT2D eigenvalue weighted by molar-refractivity contribution is -0.169. The zero-order chi connectivity index (χ0) is 25.8. The number of aromatic nitrogens is 1. The van der Waals surface area contributed by atoms with Crippen molar-refractivity contribution in [3.8, 4) is 5.75 Å². The predicted octanol–water partition coefficient (Wildman–Crippen LogP) is 2.49. The summed E-state index contributed by atoms with van der Waals surface area (Å²) in [4.78, 5) is 30.3. The van der Waals surface area contributed by atoms with Crippen LogP contribution in [0.25, 0.3) is 0 Å². The summed E-state index contributed by atoms with van der Waals surface area (Å²) in [6.07, 6.45) is 3.31. The second kappa shape index (κ2) is 6.98. The average molecular weight is 508 g/mol. The molecule has 4 atom stereocenters. The molecular weight excluding hydrogens is 482 g/mol. The third-order valence-corrected chi connectivity index (χ3v) is 8.99. The first kappa shape index (κ1) is 22.8. The summed E-state index contributed by atoms with van der Waals surface area (Å²) in [6.45, 7) is 3.64. The zero-order valence-corrected chi connectivity index (χ0v) is 20.7. The van der Waals surface area contributed by atoms with Gasteiger partial charge in [-0.1, -0.05) is 31.2 Å². The second-order valence-electron chi connectivity index (χ2n) is 10.0. The van der Waals surface area contributed by atoms with Crippen LogP contribution in [-0.2, 0) is 21.2 Å². The summed E-state index contributed by atoms with van der Waals surface area (Å²) < 4.78 is 30.3. The Hall–Kier alpha value is -3.63. The number of H-pyrrole nitrogens is 1. The fourth-order valence-corrected chi connectivity index (χ4v) is 6.67. The molecule has 2 aliphatic carbocycles. The Kier molecular flexibility index (Phi) is 4.42. The van der Waals surface area contributed by atoms with Gasteiger partial charge in [-0.05, 0) is 48.4 Å². The highest BCUT2D eigenvalue weighted by Gasteiger charge is 2.72. The van der Waals surface area contributed by atoms with Crippen molar-refractivity contribution in [3.05, 3.63) is 76.1 Å². The molecule has 1 aromatic heterocycles. The molecule has 10 heteroatoms. The summed E-state index contributed by atoms with van der Waals surface area (Å²) >= 11 is 0. The van der Waals surface area contributed by atoms with Crippen molar-refractivity contribution in [1.29, 1.82) is 0 Å². The Bertz CT molecular complexity index is 1610. The molecule has 0 saturated heterocycles. The molecule has 1 fully saturated rings. The number of hydrogen-bond donors (Lipinski definition) is 4. The fourth-order valence-electron chi connectivity index (χ4n) is 5.74. The molecule has 1 saturated carbocycles. The highest BCUT2D eigenvalue weighted by atomic mass is 32.2. The minimum atomic E-state index is -3.59. The van der Waals surface area contributed by atoms with E-state index in [0.717, 1.165) is 18.2 Å². The Morgan fingerprint density at radius 3 is 2.61 bits per heavy atom. The molecule has 186 valence electrons. The van der Waals surface area contributed by atoms with Gasteiger partial charge in [-0.25, -0.2) is 8.42 Å². The van der Waals surface area contributed by atoms with Crippen LogP contribution in [0.4, 0.5) is 5.69 Å². The molecule has 5 N–H and O–H groups in total. The van der Waals surface area contributed by atoms with E-state index in [-0.39, 0.29) is 33.0 Å². The van der Waals surface area contributed by atoms with Crippen molar-refractivity contribution in [2.24, 2.45) is 5.92 Å². The minimum absolute atomic E-state index is 0.0306. The monoisotopic (exact) mass is 507 g/mol. The number of amides is 1. The number of carbonyl (C=O) groups excluding carboxylic acids is 2. The molecule has 1 aliphatic heterocycles. The van der Waals surface area contributed by atoms with E-state index in [1.165, 1.54) is 13.1 Å². The highest BCUT2D eigenvalue weighted by Crippen LogP contribution is 2.60. The number of nitrogens with one attached hydrogen (secondary N) is 2. The second-order valence-corrected chi connectivity index (χ2v) is 12.0. The number of benzene rings is 2. The molecule has 0 bridgehead atoms. The molecule has 2 heterocycles. The van der Waals surface area contributed by atoms with Crippen LogP contribution in [0.3, 0.4) is 0 Å². The van der Waals surface area contributed by atoms with Crippen LogP contribution in [0.1, 0.15) is 62.4 Å². The van der Waals surface area contributed by atoms with Gasteiger partial charge in [0.15, 0.2) is 9.84 Å². The zero-order valence-electron chi connectivity index (χ0n) is 19.9. The highest BCUT2D eigenvalue weighted by molar-refractivity contribution is 7.90. The van der Waals surface area contributed by atoms with Gasteiger partial charge in [-0.3, -0.25) is 9.59 Å². The Balaban J connectivity index is 1.52. The van der Waals surface area contributed by atoms with Gasteiger partial charge >= 0.3 is 0 Å². The van der Waals surface area contributed by atoms with E-state index < -0.39 is 32.9 Å². The maximum Gasteiger partial charge on any atom is 0.271 e. The van der Waals surface area contributed by atoms with Gasteiger partial charge < -0.3 is 25.9 Å². The number of aromatic amines is 1. The van der Waals surface area contributed by atoms with Gasteiger partial charge in [0, 0.05) is 29.3 Å². The van der Waals surface area contributed by atoms with Gasteiger partial charge in [0.1, 0.15) is 11.4 Å². The number of ether oxygens (including phenoxy) is 1. The molecule has 0 radical (unpaired) electrons. The summed E-state index contributed by atoms with van der Waals surface area (Å²) in [7, 11) is -3.59. The maximum absolute atomic E-state index is 14.0. The van der Waals surface area contributed by atoms with Crippen molar-refractivity contribution in [1.82, 2.24) is 10.3 Å². The van der Waals surface area contributed by atoms with E-state index in [1.54, 1.807) is 24.3 Å². The molecule has 9 nitrogen and oxygen atoms in total. The van der Waals surface area contributed by atoms with Crippen molar-refractivity contribution in [2.45, 2.75) is 42.4 Å². The first-order valence-corrected chi connectivity index (χ1v) is 13.5.